The van der Waals surface area contributed by atoms with Gasteiger partial charge in [0.05, 0.1) is 10.7 Å². The van der Waals surface area contributed by atoms with Crippen LogP contribution in [0.5, 0.6) is 5.75 Å². The molecule has 0 spiro atoms. The van der Waals surface area contributed by atoms with E-state index in [0.717, 1.165) is 13.3 Å². The average Bonchev–Trinajstić information content (AvgIpc) is 2.14. The van der Waals surface area contributed by atoms with Crippen molar-refractivity contribution >= 4 is 42.3 Å². The molecule has 0 aromatic carbocycles. The van der Waals surface area contributed by atoms with Crippen LogP contribution in [0.3, 0.4) is 0 Å². The molecule has 90 valence electrons. The Morgan fingerprint density at radius 1 is 1.56 bits per heavy atom. The van der Waals surface area contributed by atoms with Gasteiger partial charge in [-0.3, -0.25) is 4.98 Å². The molecule has 1 rings (SSSR count). The fourth-order valence-corrected chi connectivity index (χ4v) is 3.85. The molecule has 0 amide bonds. The van der Waals surface area contributed by atoms with E-state index in [2.05, 4.69) is 9.72 Å². The summed E-state index contributed by atoms with van der Waals surface area (Å²) >= 11 is 1.62. The number of methoxy groups -OCH3 is 1. The van der Waals surface area contributed by atoms with Crippen LogP contribution in [0, 0.1) is 3.57 Å². The van der Waals surface area contributed by atoms with E-state index >= 15 is 0 Å². The van der Waals surface area contributed by atoms with Crippen LogP contribution < -0.4 is 4.74 Å². The minimum Gasteiger partial charge on any atom is -0.493 e. The monoisotopic (exact) mass is 383 g/mol. The van der Waals surface area contributed by atoms with Gasteiger partial charge in [0, 0.05) is 16.9 Å². The molecule has 9 heteroatoms. The van der Waals surface area contributed by atoms with E-state index in [4.69, 9.17) is 10.7 Å². The van der Waals surface area contributed by atoms with E-state index < -0.39 is 31.8 Å². The van der Waals surface area contributed by atoms with Gasteiger partial charge in [-0.15, -0.1) is 0 Å². The molecule has 0 aliphatic carbocycles. The van der Waals surface area contributed by atoms with Gasteiger partial charge in [-0.1, -0.05) is 0 Å². The molecule has 0 aliphatic rings. The molecule has 0 saturated carbocycles. The van der Waals surface area contributed by atoms with Gasteiger partial charge in [-0.2, -0.15) is 0 Å². The van der Waals surface area contributed by atoms with Gasteiger partial charge >= 0.3 is 0 Å². The summed E-state index contributed by atoms with van der Waals surface area (Å²) in [6, 6.07) is 0. The number of nitrogens with zero attached hydrogens (tertiary/aromatic N) is 1. The highest BCUT2D eigenvalue weighted by atomic mass is 127. The minimum atomic E-state index is -4.17. The second-order valence-electron chi connectivity index (χ2n) is 2.59. The second-order valence-corrected chi connectivity index (χ2v) is 6.26. The fourth-order valence-electron chi connectivity index (χ4n) is 1.05. The first kappa shape index (κ1) is 13.8. The van der Waals surface area contributed by atoms with Crippen LogP contribution in [0.15, 0.2) is 11.1 Å². The molecule has 1 aromatic rings. The van der Waals surface area contributed by atoms with Gasteiger partial charge in [0.2, 0.25) is 0 Å². The number of hydrogen-bond acceptors (Lipinski definition) is 4. The molecule has 16 heavy (non-hydrogen) atoms. The third kappa shape index (κ3) is 2.72. The van der Waals surface area contributed by atoms with Crippen LogP contribution in [-0.4, -0.2) is 20.5 Å². The largest absolute Gasteiger partial charge is 0.493 e. The Balaban J connectivity index is 3.64. The van der Waals surface area contributed by atoms with Crippen molar-refractivity contribution < 1.29 is 21.9 Å². The number of halogens is 4. The van der Waals surface area contributed by atoms with E-state index in [-0.39, 0.29) is 3.57 Å². The summed E-state index contributed by atoms with van der Waals surface area (Å²) in [5, 5.41) is 0. The van der Waals surface area contributed by atoms with E-state index in [0.29, 0.717) is 0 Å². The number of rotatable bonds is 3. The van der Waals surface area contributed by atoms with E-state index in [1.807, 2.05) is 0 Å². The van der Waals surface area contributed by atoms with Crippen LogP contribution in [0.25, 0.3) is 0 Å². The molecule has 0 saturated heterocycles. The summed E-state index contributed by atoms with van der Waals surface area (Å²) in [6.07, 6.45) is -1.94. The van der Waals surface area contributed by atoms with Gasteiger partial charge < -0.3 is 4.74 Å². The summed E-state index contributed by atoms with van der Waals surface area (Å²) in [5.41, 5.74) is -0.748. The summed E-state index contributed by atoms with van der Waals surface area (Å²) in [6.45, 7) is 0. The Hall–Kier alpha value is -0.220. The van der Waals surface area contributed by atoms with Gasteiger partial charge in [0.1, 0.15) is 10.6 Å². The lowest BCUT2D eigenvalue weighted by atomic mass is 10.3. The summed E-state index contributed by atoms with van der Waals surface area (Å²) in [4.78, 5) is 2.93. The molecule has 0 radical (unpaired) electrons. The first-order chi connectivity index (χ1) is 7.29. The Kier molecular flexibility index (Phi) is 4.29. The molecular formula is C7H5ClF2INO3S. The molecule has 4 nitrogen and oxygen atoms in total. The maximum absolute atomic E-state index is 12.5. The van der Waals surface area contributed by atoms with Crippen molar-refractivity contribution in [3.8, 4) is 5.75 Å². The third-order valence-corrected chi connectivity index (χ3v) is 4.17. The van der Waals surface area contributed by atoms with Crippen molar-refractivity contribution in [3.05, 3.63) is 15.5 Å². The highest BCUT2D eigenvalue weighted by Gasteiger charge is 2.27. The SMILES string of the molecule is COc1c(C(F)F)ncc(I)c1S(=O)(=O)Cl. The molecule has 0 atom stereocenters. The van der Waals surface area contributed by atoms with E-state index in [9.17, 15) is 17.2 Å². The average molecular weight is 384 g/mol. The number of ether oxygens (including phenoxy) is 1. The molecular weight excluding hydrogens is 379 g/mol. The zero-order valence-corrected chi connectivity index (χ0v) is 11.5. The molecule has 0 fully saturated rings. The van der Waals surface area contributed by atoms with Crippen LogP contribution >= 0.6 is 33.3 Å². The summed E-state index contributed by atoms with van der Waals surface area (Å²) < 4.78 is 52.2. The minimum absolute atomic E-state index is 0.119. The van der Waals surface area contributed by atoms with Crippen molar-refractivity contribution in [2.45, 2.75) is 11.3 Å². The molecule has 0 unspecified atom stereocenters. The molecule has 0 aliphatic heterocycles. The predicted molar refractivity (Wildman–Crippen MR) is 61.5 cm³/mol. The standard InChI is InChI=1S/C7H5ClF2INO3S/c1-15-5-4(7(9)10)12-2-3(11)6(5)16(8,13)14/h2,7H,1H3. The Morgan fingerprint density at radius 2 is 2.12 bits per heavy atom. The van der Waals surface area contributed by atoms with Gasteiger partial charge in [0.15, 0.2) is 5.75 Å². The number of hydrogen-bond donors (Lipinski definition) is 0. The molecule has 0 N–H and O–H groups in total. The van der Waals surface area contributed by atoms with E-state index in [1.165, 1.54) is 0 Å². The highest BCUT2D eigenvalue weighted by Crippen LogP contribution is 2.37. The topological polar surface area (TPSA) is 56.3 Å². The smallest absolute Gasteiger partial charge is 0.284 e. The van der Waals surface area contributed by atoms with Crippen LogP contribution in [0.4, 0.5) is 8.78 Å². The van der Waals surface area contributed by atoms with Crippen LogP contribution in [0.1, 0.15) is 12.1 Å². The zero-order valence-electron chi connectivity index (χ0n) is 7.75. The van der Waals surface area contributed by atoms with Crippen LogP contribution in [-0.2, 0) is 9.05 Å². The Bertz CT molecular complexity index is 509. The maximum Gasteiger partial charge on any atom is 0.284 e. The van der Waals surface area contributed by atoms with Gasteiger partial charge in [-0.05, 0) is 22.6 Å². The Morgan fingerprint density at radius 3 is 2.50 bits per heavy atom. The summed E-state index contributed by atoms with van der Waals surface area (Å²) in [7, 11) is 2.05. The first-order valence-electron chi connectivity index (χ1n) is 3.74. The lowest BCUT2D eigenvalue weighted by Gasteiger charge is -2.11. The normalized spacial score (nSPS) is 11.9. The van der Waals surface area contributed by atoms with Crippen molar-refractivity contribution in [1.82, 2.24) is 4.98 Å². The number of pyridine rings is 1. The lowest BCUT2D eigenvalue weighted by Crippen LogP contribution is -2.05. The molecule has 0 bridgehead atoms. The Labute approximate surface area is 109 Å². The zero-order chi connectivity index (χ0) is 12.5. The van der Waals surface area contributed by atoms with Crippen LogP contribution in [0.2, 0.25) is 0 Å². The predicted octanol–water partition coefficient (Wildman–Crippen LogP) is 2.56. The van der Waals surface area contributed by atoms with Crippen molar-refractivity contribution in [3.63, 3.8) is 0 Å². The van der Waals surface area contributed by atoms with Crippen molar-refractivity contribution in [2.24, 2.45) is 0 Å². The number of aromatic nitrogens is 1. The first-order valence-corrected chi connectivity index (χ1v) is 7.13. The van der Waals surface area contributed by atoms with Gasteiger partial charge in [0.25, 0.3) is 15.5 Å². The second kappa shape index (κ2) is 4.96. The number of alkyl halides is 2. The highest BCUT2D eigenvalue weighted by molar-refractivity contribution is 14.1. The molecule has 1 heterocycles. The van der Waals surface area contributed by atoms with Gasteiger partial charge in [-0.25, -0.2) is 17.2 Å². The van der Waals surface area contributed by atoms with Crippen molar-refractivity contribution in [2.75, 3.05) is 7.11 Å². The fraction of sp³-hybridized carbons (Fsp3) is 0.286. The van der Waals surface area contributed by atoms with E-state index in [1.54, 1.807) is 22.6 Å². The quantitative estimate of drug-likeness (QED) is 0.595. The van der Waals surface area contributed by atoms with Crippen molar-refractivity contribution in [1.29, 1.82) is 0 Å². The lowest BCUT2D eigenvalue weighted by molar-refractivity contribution is 0.140. The third-order valence-electron chi connectivity index (χ3n) is 1.63. The molecule has 1 aromatic heterocycles. The maximum atomic E-state index is 12.5. The summed E-state index contributed by atoms with van der Waals surface area (Å²) in [5.74, 6) is -0.517.